The molecular formula is C75H138O6. The Balaban J connectivity index is 4.09. The van der Waals surface area contributed by atoms with E-state index < -0.39 is 6.10 Å². The van der Waals surface area contributed by atoms with Crippen molar-refractivity contribution in [1.82, 2.24) is 0 Å². The van der Waals surface area contributed by atoms with Gasteiger partial charge in [-0.25, -0.2) is 0 Å². The molecule has 0 aromatic carbocycles. The standard InChI is InChI=1S/C75H138O6/c1-4-7-10-13-16-19-22-24-26-28-30-31-32-33-34-35-36-37-38-39-40-41-42-43-45-46-48-50-53-56-59-62-65-68-74(77)80-71-72(70-79-73(76)67-64-61-58-55-52-21-18-15-12-9-6-3)81-75(78)69-66-63-60-57-54-51-49-47-44-29-27-25-23-20-17-14-11-8-5-2/h17,20,22,24-25,27-28,30,72H,4-16,18-19,21,23,26,29,31-71H2,1-3H3/b20-17-,24-22-,27-25-,30-28-. The molecule has 0 heterocycles. The first kappa shape index (κ1) is 78.4. The van der Waals surface area contributed by atoms with Gasteiger partial charge in [-0.3, -0.25) is 14.4 Å². The van der Waals surface area contributed by atoms with Crippen LogP contribution in [-0.2, 0) is 28.6 Å². The zero-order chi connectivity index (χ0) is 58.5. The van der Waals surface area contributed by atoms with E-state index in [1.165, 1.54) is 283 Å². The van der Waals surface area contributed by atoms with Crippen molar-refractivity contribution < 1.29 is 28.6 Å². The van der Waals surface area contributed by atoms with Crippen LogP contribution in [0, 0.1) is 0 Å². The fourth-order valence-electron chi connectivity index (χ4n) is 10.9. The van der Waals surface area contributed by atoms with E-state index >= 15 is 0 Å². The van der Waals surface area contributed by atoms with Gasteiger partial charge in [0, 0.05) is 19.3 Å². The lowest BCUT2D eigenvalue weighted by Gasteiger charge is -2.18. The number of unbranched alkanes of at least 4 members (excludes halogenated alkanes) is 48. The van der Waals surface area contributed by atoms with E-state index in [9.17, 15) is 14.4 Å². The van der Waals surface area contributed by atoms with E-state index in [-0.39, 0.29) is 31.1 Å². The van der Waals surface area contributed by atoms with Crippen molar-refractivity contribution in [3.05, 3.63) is 48.6 Å². The molecule has 474 valence electrons. The van der Waals surface area contributed by atoms with Crippen LogP contribution in [0.2, 0.25) is 0 Å². The van der Waals surface area contributed by atoms with Gasteiger partial charge in [0.25, 0.3) is 0 Å². The minimum Gasteiger partial charge on any atom is -0.462 e. The molecule has 0 amide bonds. The molecule has 0 aliphatic heterocycles. The van der Waals surface area contributed by atoms with Gasteiger partial charge < -0.3 is 14.2 Å². The van der Waals surface area contributed by atoms with Crippen LogP contribution in [0.1, 0.15) is 393 Å². The molecule has 0 rings (SSSR count). The number of carbonyl (C=O) groups is 3. The van der Waals surface area contributed by atoms with Crippen LogP contribution in [0.3, 0.4) is 0 Å². The smallest absolute Gasteiger partial charge is 0.306 e. The maximum Gasteiger partial charge on any atom is 0.306 e. The predicted molar refractivity (Wildman–Crippen MR) is 353 cm³/mol. The number of ether oxygens (including phenoxy) is 3. The first-order valence-electron chi connectivity index (χ1n) is 36.1. The summed E-state index contributed by atoms with van der Waals surface area (Å²) in [6.07, 6.45) is 88.7. The number of hydrogen-bond acceptors (Lipinski definition) is 6. The van der Waals surface area contributed by atoms with Crippen LogP contribution in [0.25, 0.3) is 0 Å². The first-order chi connectivity index (χ1) is 40.0. The summed E-state index contributed by atoms with van der Waals surface area (Å²) in [5.41, 5.74) is 0. The Bertz CT molecular complexity index is 1400. The van der Waals surface area contributed by atoms with Crippen LogP contribution in [-0.4, -0.2) is 37.2 Å². The number of rotatable bonds is 67. The highest BCUT2D eigenvalue weighted by Gasteiger charge is 2.19. The molecule has 0 aliphatic carbocycles. The molecule has 6 nitrogen and oxygen atoms in total. The van der Waals surface area contributed by atoms with Gasteiger partial charge in [-0.15, -0.1) is 0 Å². The van der Waals surface area contributed by atoms with Gasteiger partial charge in [0.2, 0.25) is 0 Å². The van der Waals surface area contributed by atoms with E-state index in [1.807, 2.05) is 0 Å². The second-order valence-corrected chi connectivity index (χ2v) is 24.5. The van der Waals surface area contributed by atoms with Crippen molar-refractivity contribution in [1.29, 1.82) is 0 Å². The SMILES string of the molecule is CCCCC/C=C\C/C=C\CCCCCCCCCCCC(=O)OC(COC(=O)CCCCCCCCCCCCC)COC(=O)CCCCCCCCCCCCCCCCCCCCCCC/C=C\C/C=C\CCCCCCC. The van der Waals surface area contributed by atoms with Gasteiger partial charge in [0.15, 0.2) is 6.10 Å². The maximum absolute atomic E-state index is 12.9. The number of carbonyl (C=O) groups excluding carboxylic acids is 3. The molecule has 0 aromatic heterocycles. The summed E-state index contributed by atoms with van der Waals surface area (Å²) < 4.78 is 17.0. The van der Waals surface area contributed by atoms with Crippen LogP contribution in [0.4, 0.5) is 0 Å². The second-order valence-electron chi connectivity index (χ2n) is 24.5. The lowest BCUT2D eigenvalue weighted by Crippen LogP contribution is -2.30. The summed E-state index contributed by atoms with van der Waals surface area (Å²) in [5, 5.41) is 0. The van der Waals surface area contributed by atoms with Crippen molar-refractivity contribution in [2.45, 2.75) is 399 Å². The summed E-state index contributed by atoms with van der Waals surface area (Å²) >= 11 is 0. The molecule has 0 saturated heterocycles. The molecular weight excluding hydrogens is 997 g/mol. The lowest BCUT2D eigenvalue weighted by atomic mass is 10.0. The largest absolute Gasteiger partial charge is 0.462 e. The van der Waals surface area contributed by atoms with Crippen molar-refractivity contribution in [2.24, 2.45) is 0 Å². The third-order valence-corrected chi connectivity index (χ3v) is 16.3. The zero-order valence-electron chi connectivity index (χ0n) is 54.6. The summed E-state index contributed by atoms with van der Waals surface area (Å²) in [6.45, 7) is 6.66. The molecule has 0 aromatic rings. The third-order valence-electron chi connectivity index (χ3n) is 16.3. The molecule has 1 unspecified atom stereocenters. The average molecular weight is 1140 g/mol. The molecule has 0 aliphatic rings. The Labute approximate surface area is 505 Å². The van der Waals surface area contributed by atoms with Crippen LogP contribution >= 0.6 is 0 Å². The molecule has 6 heteroatoms. The van der Waals surface area contributed by atoms with Gasteiger partial charge in [0.1, 0.15) is 13.2 Å². The van der Waals surface area contributed by atoms with Crippen LogP contribution in [0.5, 0.6) is 0 Å². The normalized spacial score (nSPS) is 12.3. The second kappa shape index (κ2) is 69.9. The van der Waals surface area contributed by atoms with Crippen LogP contribution < -0.4 is 0 Å². The minimum absolute atomic E-state index is 0.0691. The highest BCUT2D eigenvalue weighted by molar-refractivity contribution is 5.71. The van der Waals surface area contributed by atoms with Crippen molar-refractivity contribution in [3.63, 3.8) is 0 Å². The number of allylic oxidation sites excluding steroid dienone is 8. The van der Waals surface area contributed by atoms with E-state index in [1.54, 1.807) is 0 Å². The maximum atomic E-state index is 12.9. The van der Waals surface area contributed by atoms with E-state index in [0.29, 0.717) is 19.3 Å². The van der Waals surface area contributed by atoms with Gasteiger partial charge in [-0.2, -0.15) is 0 Å². The molecule has 0 bridgehead atoms. The van der Waals surface area contributed by atoms with Crippen molar-refractivity contribution >= 4 is 17.9 Å². The minimum atomic E-state index is -0.772. The zero-order valence-corrected chi connectivity index (χ0v) is 54.6. The fourth-order valence-corrected chi connectivity index (χ4v) is 10.9. The molecule has 81 heavy (non-hydrogen) atoms. The highest BCUT2D eigenvalue weighted by atomic mass is 16.6. The Morgan fingerprint density at radius 2 is 0.444 bits per heavy atom. The average Bonchev–Trinajstić information content (AvgIpc) is 3.47. The molecule has 0 N–H and O–H groups in total. The lowest BCUT2D eigenvalue weighted by molar-refractivity contribution is -0.167. The summed E-state index contributed by atoms with van der Waals surface area (Å²) in [4.78, 5) is 38.3. The van der Waals surface area contributed by atoms with Gasteiger partial charge in [-0.05, 0) is 83.5 Å². The summed E-state index contributed by atoms with van der Waals surface area (Å²) in [6, 6.07) is 0. The van der Waals surface area contributed by atoms with Gasteiger partial charge >= 0.3 is 17.9 Å². The summed E-state index contributed by atoms with van der Waals surface area (Å²) in [7, 11) is 0. The van der Waals surface area contributed by atoms with Gasteiger partial charge in [0.05, 0.1) is 0 Å². The quantitative estimate of drug-likeness (QED) is 0.0261. The van der Waals surface area contributed by atoms with Crippen molar-refractivity contribution in [3.8, 4) is 0 Å². The number of hydrogen-bond donors (Lipinski definition) is 0. The summed E-state index contributed by atoms with van der Waals surface area (Å²) in [5.74, 6) is -0.848. The predicted octanol–water partition coefficient (Wildman–Crippen LogP) is 24.9. The Kier molecular flexibility index (Phi) is 67.6. The van der Waals surface area contributed by atoms with E-state index in [0.717, 1.165) is 70.6 Å². The third kappa shape index (κ3) is 68.0. The monoisotopic (exact) mass is 1140 g/mol. The fraction of sp³-hybridized carbons (Fsp3) is 0.853. The van der Waals surface area contributed by atoms with E-state index in [4.69, 9.17) is 14.2 Å². The number of esters is 3. The molecule has 0 fully saturated rings. The van der Waals surface area contributed by atoms with Crippen molar-refractivity contribution in [2.75, 3.05) is 13.2 Å². The van der Waals surface area contributed by atoms with E-state index in [2.05, 4.69) is 69.4 Å². The van der Waals surface area contributed by atoms with Crippen LogP contribution in [0.15, 0.2) is 48.6 Å². The molecule has 0 radical (unpaired) electrons. The Morgan fingerprint density at radius 1 is 0.247 bits per heavy atom. The molecule has 1 atom stereocenters. The molecule has 0 saturated carbocycles. The topological polar surface area (TPSA) is 78.9 Å². The Hall–Kier alpha value is -2.63. The Morgan fingerprint density at radius 3 is 0.704 bits per heavy atom. The van der Waals surface area contributed by atoms with Gasteiger partial charge in [-0.1, -0.05) is 339 Å². The molecule has 0 spiro atoms. The highest BCUT2D eigenvalue weighted by Crippen LogP contribution is 2.18. The first-order valence-corrected chi connectivity index (χ1v) is 36.1.